The summed E-state index contributed by atoms with van der Waals surface area (Å²) < 4.78 is 1.98. The minimum Gasteiger partial charge on any atom is -0.352 e. The molecule has 2 rings (SSSR count). The molecule has 1 fully saturated rings. The van der Waals surface area contributed by atoms with E-state index in [-0.39, 0.29) is 17.9 Å². The summed E-state index contributed by atoms with van der Waals surface area (Å²) >= 11 is 0. The number of piperidine rings is 1. The van der Waals surface area contributed by atoms with Crippen molar-refractivity contribution in [3.63, 3.8) is 0 Å². The number of nitrogens with one attached hydrogen (secondary N) is 2. The average molecular weight is 236 g/mol. The van der Waals surface area contributed by atoms with Crippen molar-refractivity contribution in [2.45, 2.75) is 32.4 Å². The molecule has 1 unspecified atom stereocenters. The van der Waals surface area contributed by atoms with E-state index < -0.39 is 0 Å². The van der Waals surface area contributed by atoms with Crippen LogP contribution < -0.4 is 10.6 Å². The van der Waals surface area contributed by atoms with E-state index in [1.54, 1.807) is 12.5 Å². The van der Waals surface area contributed by atoms with Crippen LogP contribution in [-0.4, -0.2) is 34.6 Å². The fourth-order valence-electron chi connectivity index (χ4n) is 2.19. The Kier molecular flexibility index (Phi) is 4.14. The van der Waals surface area contributed by atoms with Crippen LogP contribution in [0.25, 0.3) is 0 Å². The minimum absolute atomic E-state index is 0.133. The van der Waals surface area contributed by atoms with Crippen LogP contribution in [0.3, 0.4) is 0 Å². The van der Waals surface area contributed by atoms with E-state index in [0.29, 0.717) is 0 Å². The van der Waals surface area contributed by atoms with Crippen molar-refractivity contribution in [3.8, 4) is 0 Å². The molecule has 1 aliphatic rings. The molecule has 0 bridgehead atoms. The fraction of sp³-hybridized carbons (Fsp3) is 0.667. The van der Waals surface area contributed by atoms with Crippen LogP contribution in [0.1, 0.15) is 19.8 Å². The van der Waals surface area contributed by atoms with Crippen LogP contribution >= 0.6 is 0 Å². The number of rotatable bonds is 4. The third-order valence-corrected chi connectivity index (χ3v) is 3.10. The lowest BCUT2D eigenvalue weighted by Crippen LogP contribution is -2.44. The Balaban J connectivity index is 1.77. The molecule has 1 aliphatic heterocycles. The minimum atomic E-state index is 0.133. The third kappa shape index (κ3) is 3.56. The van der Waals surface area contributed by atoms with Crippen LogP contribution in [0, 0.1) is 5.92 Å². The van der Waals surface area contributed by atoms with Crippen molar-refractivity contribution in [3.05, 3.63) is 18.7 Å². The Labute approximate surface area is 102 Å². The van der Waals surface area contributed by atoms with Crippen molar-refractivity contribution in [1.82, 2.24) is 20.2 Å². The maximum atomic E-state index is 12.0. The third-order valence-electron chi connectivity index (χ3n) is 3.10. The van der Waals surface area contributed by atoms with E-state index in [1.807, 2.05) is 17.7 Å². The Morgan fingerprint density at radius 3 is 3.24 bits per heavy atom. The first-order chi connectivity index (χ1) is 8.25. The van der Waals surface area contributed by atoms with Gasteiger partial charge < -0.3 is 15.2 Å². The summed E-state index contributed by atoms with van der Waals surface area (Å²) in [7, 11) is 0. The summed E-state index contributed by atoms with van der Waals surface area (Å²) in [6, 6.07) is 0.138. The first-order valence-corrected chi connectivity index (χ1v) is 6.22. The highest BCUT2D eigenvalue weighted by Gasteiger charge is 2.21. The molecule has 1 aromatic rings. The van der Waals surface area contributed by atoms with Crippen LogP contribution in [0.2, 0.25) is 0 Å². The number of nitrogens with zero attached hydrogens (tertiary/aromatic N) is 2. The van der Waals surface area contributed by atoms with Gasteiger partial charge >= 0.3 is 0 Å². The first-order valence-electron chi connectivity index (χ1n) is 6.22. The van der Waals surface area contributed by atoms with Gasteiger partial charge in [0.25, 0.3) is 0 Å². The van der Waals surface area contributed by atoms with Crippen LogP contribution in [0.15, 0.2) is 18.7 Å². The van der Waals surface area contributed by atoms with Gasteiger partial charge in [0.1, 0.15) is 0 Å². The zero-order valence-electron chi connectivity index (χ0n) is 10.2. The standard InChI is InChI=1S/C12H20N4O/c1-10(8-16-6-5-14-9-16)15-12(17)11-3-2-4-13-7-11/h5-6,9-11,13H,2-4,7-8H2,1H3,(H,15,17)/t10?,11-/m0/s1. The number of hydrogen-bond acceptors (Lipinski definition) is 3. The van der Waals surface area contributed by atoms with Gasteiger partial charge in [0.15, 0.2) is 0 Å². The zero-order chi connectivity index (χ0) is 12.1. The second-order valence-corrected chi connectivity index (χ2v) is 4.71. The summed E-state index contributed by atoms with van der Waals surface area (Å²) in [5.41, 5.74) is 0. The van der Waals surface area contributed by atoms with Gasteiger partial charge in [-0.25, -0.2) is 4.98 Å². The van der Waals surface area contributed by atoms with Gasteiger partial charge in [-0.2, -0.15) is 0 Å². The van der Waals surface area contributed by atoms with Gasteiger partial charge in [0.2, 0.25) is 5.91 Å². The predicted molar refractivity (Wildman–Crippen MR) is 65.4 cm³/mol. The van der Waals surface area contributed by atoms with E-state index in [9.17, 15) is 4.79 Å². The molecule has 0 aromatic carbocycles. The Hall–Kier alpha value is -1.36. The van der Waals surface area contributed by atoms with Crippen molar-refractivity contribution >= 4 is 5.91 Å². The largest absolute Gasteiger partial charge is 0.352 e. The smallest absolute Gasteiger partial charge is 0.224 e. The second-order valence-electron chi connectivity index (χ2n) is 4.71. The molecular formula is C12H20N4O. The molecule has 1 aromatic heterocycles. The summed E-state index contributed by atoms with van der Waals surface area (Å²) in [4.78, 5) is 15.9. The Morgan fingerprint density at radius 1 is 1.71 bits per heavy atom. The first kappa shape index (κ1) is 12.1. The highest BCUT2D eigenvalue weighted by molar-refractivity contribution is 5.79. The molecule has 2 atom stereocenters. The highest BCUT2D eigenvalue weighted by Crippen LogP contribution is 2.10. The van der Waals surface area contributed by atoms with E-state index in [0.717, 1.165) is 32.5 Å². The van der Waals surface area contributed by atoms with Gasteiger partial charge in [-0.05, 0) is 26.3 Å². The van der Waals surface area contributed by atoms with E-state index >= 15 is 0 Å². The molecule has 1 saturated heterocycles. The van der Waals surface area contributed by atoms with Gasteiger partial charge in [-0.3, -0.25) is 4.79 Å². The molecular weight excluding hydrogens is 216 g/mol. The Bertz CT molecular complexity index is 343. The van der Waals surface area contributed by atoms with Crippen molar-refractivity contribution in [2.24, 2.45) is 5.92 Å². The lowest BCUT2D eigenvalue weighted by Gasteiger charge is -2.24. The molecule has 17 heavy (non-hydrogen) atoms. The van der Waals surface area contributed by atoms with Crippen molar-refractivity contribution < 1.29 is 4.79 Å². The second kappa shape index (κ2) is 5.82. The van der Waals surface area contributed by atoms with Gasteiger partial charge in [-0.1, -0.05) is 0 Å². The highest BCUT2D eigenvalue weighted by atomic mass is 16.2. The van der Waals surface area contributed by atoms with Crippen molar-refractivity contribution in [1.29, 1.82) is 0 Å². The zero-order valence-corrected chi connectivity index (χ0v) is 10.2. The SMILES string of the molecule is CC(Cn1ccnc1)NC(=O)[C@H]1CCCNC1. The number of imidazole rings is 1. The molecule has 5 nitrogen and oxygen atoms in total. The fourth-order valence-corrected chi connectivity index (χ4v) is 2.19. The van der Waals surface area contributed by atoms with E-state index in [1.165, 1.54) is 0 Å². The van der Waals surface area contributed by atoms with Crippen LogP contribution in [0.5, 0.6) is 0 Å². The molecule has 94 valence electrons. The van der Waals surface area contributed by atoms with Gasteiger partial charge in [0, 0.05) is 31.5 Å². The molecule has 0 saturated carbocycles. The Morgan fingerprint density at radius 2 is 2.59 bits per heavy atom. The summed E-state index contributed by atoms with van der Waals surface area (Å²) in [5, 5.41) is 6.32. The monoisotopic (exact) mass is 236 g/mol. The van der Waals surface area contributed by atoms with E-state index in [4.69, 9.17) is 0 Å². The predicted octanol–water partition coefficient (Wildman–Crippen LogP) is 0.387. The quantitative estimate of drug-likeness (QED) is 0.795. The number of aromatic nitrogens is 2. The van der Waals surface area contributed by atoms with Crippen LogP contribution in [-0.2, 0) is 11.3 Å². The number of amides is 1. The van der Waals surface area contributed by atoms with Crippen molar-refractivity contribution in [2.75, 3.05) is 13.1 Å². The molecule has 0 aliphatic carbocycles. The maximum absolute atomic E-state index is 12.0. The maximum Gasteiger partial charge on any atom is 0.224 e. The number of carbonyl (C=O) groups is 1. The molecule has 0 radical (unpaired) electrons. The van der Waals surface area contributed by atoms with Gasteiger partial charge in [0.05, 0.1) is 12.2 Å². The lowest BCUT2D eigenvalue weighted by atomic mass is 9.98. The molecule has 2 N–H and O–H groups in total. The summed E-state index contributed by atoms with van der Waals surface area (Å²) in [5.74, 6) is 0.304. The molecule has 1 amide bonds. The average Bonchev–Trinajstić information content (AvgIpc) is 2.82. The lowest BCUT2D eigenvalue weighted by molar-refractivity contribution is -0.126. The summed E-state index contributed by atoms with van der Waals surface area (Å²) in [6.45, 7) is 4.64. The number of hydrogen-bond donors (Lipinski definition) is 2. The summed E-state index contributed by atoms with van der Waals surface area (Å²) in [6.07, 6.45) is 7.51. The topological polar surface area (TPSA) is 59.0 Å². The molecule has 0 spiro atoms. The van der Waals surface area contributed by atoms with Crippen LogP contribution in [0.4, 0.5) is 0 Å². The van der Waals surface area contributed by atoms with Gasteiger partial charge in [-0.15, -0.1) is 0 Å². The van der Waals surface area contributed by atoms with E-state index in [2.05, 4.69) is 15.6 Å². The normalized spacial score (nSPS) is 22.1. The molecule has 5 heteroatoms. The number of carbonyl (C=O) groups excluding carboxylic acids is 1. The molecule has 2 heterocycles.